The van der Waals surface area contributed by atoms with Crippen LogP contribution in [0, 0.1) is 10.5 Å². The Bertz CT molecular complexity index is 551. The third-order valence-electron chi connectivity index (χ3n) is 2.39. The Balaban J connectivity index is 2.76. The van der Waals surface area contributed by atoms with E-state index in [0.29, 0.717) is 0 Å². The van der Waals surface area contributed by atoms with E-state index in [1.165, 1.54) is 6.92 Å². The molecule has 1 unspecified atom stereocenters. The molecule has 1 aromatic rings. The summed E-state index contributed by atoms with van der Waals surface area (Å²) in [5.74, 6) is -0.341. The van der Waals surface area contributed by atoms with E-state index < -0.39 is 9.96 Å². The van der Waals surface area contributed by atoms with E-state index in [0.717, 1.165) is 14.8 Å². The van der Waals surface area contributed by atoms with Crippen molar-refractivity contribution in [3.8, 4) is 0 Å². The van der Waals surface area contributed by atoms with Gasteiger partial charge in [-0.15, -0.1) is 0 Å². The van der Waals surface area contributed by atoms with Crippen molar-refractivity contribution in [2.24, 2.45) is 0 Å². The molecule has 0 bridgehead atoms. The van der Waals surface area contributed by atoms with Gasteiger partial charge in [0.25, 0.3) is 0 Å². The van der Waals surface area contributed by atoms with Crippen LogP contribution in [-0.4, -0.2) is 21.0 Å². The summed E-state index contributed by atoms with van der Waals surface area (Å²) in [6.07, 6.45) is -0.941. The second-order valence-electron chi connectivity index (χ2n) is 4.23. The van der Waals surface area contributed by atoms with E-state index in [1.54, 1.807) is 0 Å². The highest BCUT2D eigenvalue weighted by Crippen LogP contribution is 2.29. The first-order valence-corrected chi connectivity index (χ1v) is 8.39. The summed E-state index contributed by atoms with van der Waals surface area (Å²) >= 11 is 24.8. The maximum Gasteiger partial charge on any atom is 0.228 e. The molecule has 0 spiro atoms. The number of aryl methyl sites for hydroxylation is 1. The van der Waals surface area contributed by atoms with Crippen LogP contribution in [0.15, 0.2) is 18.2 Å². The van der Waals surface area contributed by atoms with Crippen LogP contribution in [0.1, 0.15) is 12.5 Å². The molecule has 0 aliphatic carbocycles. The van der Waals surface area contributed by atoms with Gasteiger partial charge in [0.2, 0.25) is 9.70 Å². The number of halogens is 4. The molecule has 1 amide bonds. The fourth-order valence-corrected chi connectivity index (χ4v) is 2.66. The van der Waals surface area contributed by atoms with Crippen molar-refractivity contribution >= 4 is 86.3 Å². The van der Waals surface area contributed by atoms with Crippen LogP contribution in [0.5, 0.6) is 0 Å². The molecule has 1 aromatic carbocycles. The zero-order valence-electron chi connectivity index (χ0n) is 11.1. The highest BCUT2D eigenvalue weighted by Gasteiger charge is 2.34. The lowest BCUT2D eigenvalue weighted by Gasteiger charge is -2.27. The molecule has 0 saturated heterocycles. The molecule has 1 atom stereocenters. The van der Waals surface area contributed by atoms with Crippen LogP contribution in [0.25, 0.3) is 0 Å². The van der Waals surface area contributed by atoms with Crippen molar-refractivity contribution in [2.75, 3.05) is 5.32 Å². The lowest BCUT2D eigenvalue weighted by atomic mass is 10.2. The first-order valence-electron chi connectivity index (χ1n) is 5.77. The average Bonchev–Trinajstić information content (AvgIpc) is 2.30. The van der Waals surface area contributed by atoms with E-state index in [-0.39, 0.29) is 11.0 Å². The summed E-state index contributed by atoms with van der Waals surface area (Å²) in [6.45, 7) is 3.28. The molecule has 1 rings (SSSR count). The van der Waals surface area contributed by atoms with Crippen LogP contribution in [0.4, 0.5) is 5.69 Å². The van der Waals surface area contributed by atoms with E-state index >= 15 is 0 Å². The highest BCUT2D eigenvalue weighted by atomic mass is 127. The Kier molecular flexibility index (Phi) is 7.26. The molecule has 0 heterocycles. The van der Waals surface area contributed by atoms with Gasteiger partial charge in [-0.2, -0.15) is 0 Å². The lowest BCUT2D eigenvalue weighted by molar-refractivity contribution is -0.119. The number of alkyl halides is 3. The number of thiocarbonyl (C=S) groups is 1. The maximum absolute atomic E-state index is 11.1. The van der Waals surface area contributed by atoms with Crippen molar-refractivity contribution in [1.82, 2.24) is 10.6 Å². The molecular formula is C12H13Cl3IN3OS. The molecule has 21 heavy (non-hydrogen) atoms. The minimum Gasteiger partial charge on any atom is -0.339 e. The third-order valence-corrected chi connectivity index (χ3v) is 3.93. The zero-order chi connectivity index (χ0) is 16.2. The van der Waals surface area contributed by atoms with Crippen LogP contribution >= 0.6 is 69.6 Å². The second kappa shape index (κ2) is 8.01. The summed E-state index contributed by atoms with van der Waals surface area (Å²) in [5, 5.41) is 8.50. The van der Waals surface area contributed by atoms with Crippen molar-refractivity contribution in [2.45, 2.75) is 23.8 Å². The Morgan fingerprint density at radius 3 is 2.43 bits per heavy atom. The van der Waals surface area contributed by atoms with E-state index in [9.17, 15) is 4.79 Å². The molecule has 0 radical (unpaired) electrons. The molecule has 3 N–H and O–H groups in total. The first kappa shape index (κ1) is 19.0. The molecule has 4 nitrogen and oxygen atoms in total. The predicted molar refractivity (Wildman–Crippen MR) is 101 cm³/mol. The topological polar surface area (TPSA) is 53.2 Å². The van der Waals surface area contributed by atoms with Gasteiger partial charge >= 0.3 is 0 Å². The standard InChI is InChI=1S/C12H13Cl3IN3OS/c1-6-5-8(16)3-4-9(6)18-11(21)19-10(12(13,14)15)17-7(2)20/h3-5,10H,1-2H3,(H,17,20)(H2,18,19,21). The minimum atomic E-state index is -1.74. The van der Waals surface area contributed by atoms with Crippen molar-refractivity contribution < 1.29 is 4.79 Å². The molecule has 0 fully saturated rings. The number of amides is 1. The normalized spacial score (nSPS) is 12.5. The molecule has 116 valence electrons. The summed E-state index contributed by atoms with van der Waals surface area (Å²) in [4.78, 5) is 11.1. The molecule has 0 aromatic heterocycles. The summed E-state index contributed by atoms with van der Waals surface area (Å²) in [7, 11) is 0. The number of hydrogen-bond donors (Lipinski definition) is 3. The molecule has 0 aliphatic rings. The second-order valence-corrected chi connectivity index (χ2v) is 8.26. The van der Waals surface area contributed by atoms with Crippen LogP contribution in [0.3, 0.4) is 0 Å². The highest BCUT2D eigenvalue weighted by molar-refractivity contribution is 14.1. The van der Waals surface area contributed by atoms with Gasteiger partial charge in [0.15, 0.2) is 5.11 Å². The summed E-state index contributed by atoms with van der Waals surface area (Å²) < 4.78 is -0.620. The monoisotopic (exact) mass is 479 g/mol. The van der Waals surface area contributed by atoms with E-state index in [1.807, 2.05) is 25.1 Å². The van der Waals surface area contributed by atoms with Crippen molar-refractivity contribution in [3.05, 3.63) is 27.3 Å². The number of carbonyl (C=O) groups is 1. The van der Waals surface area contributed by atoms with Crippen molar-refractivity contribution in [1.29, 1.82) is 0 Å². The Morgan fingerprint density at radius 2 is 1.95 bits per heavy atom. The largest absolute Gasteiger partial charge is 0.339 e. The Morgan fingerprint density at radius 1 is 1.33 bits per heavy atom. The number of benzene rings is 1. The van der Waals surface area contributed by atoms with Gasteiger partial charge in [-0.1, -0.05) is 34.8 Å². The number of rotatable bonds is 3. The molecule has 0 saturated carbocycles. The SMILES string of the molecule is CC(=O)NC(NC(=S)Nc1ccc(I)cc1C)C(Cl)(Cl)Cl. The third kappa shape index (κ3) is 6.73. The lowest BCUT2D eigenvalue weighted by Crippen LogP contribution is -2.55. The fourth-order valence-electron chi connectivity index (χ4n) is 1.46. The van der Waals surface area contributed by atoms with Gasteiger partial charge in [-0.3, -0.25) is 4.79 Å². The molecule has 0 aliphatic heterocycles. The van der Waals surface area contributed by atoms with Gasteiger partial charge in [0, 0.05) is 16.2 Å². The average molecular weight is 481 g/mol. The molecule has 9 heteroatoms. The van der Waals surface area contributed by atoms with E-state index in [4.69, 9.17) is 47.0 Å². The smallest absolute Gasteiger partial charge is 0.228 e. The summed E-state index contributed by atoms with van der Waals surface area (Å²) in [6, 6.07) is 5.85. The van der Waals surface area contributed by atoms with Gasteiger partial charge in [0.1, 0.15) is 6.17 Å². The van der Waals surface area contributed by atoms with Gasteiger partial charge in [-0.05, 0) is 65.5 Å². The van der Waals surface area contributed by atoms with Crippen molar-refractivity contribution in [3.63, 3.8) is 0 Å². The number of carbonyl (C=O) groups excluding carboxylic acids is 1. The Labute approximate surface area is 157 Å². The quantitative estimate of drug-likeness (QED) is 0.267. The van der Waals surface area contributed by atoms with Crippen LogP contribution < -0.4 is 16.0 Å². The predicted octanol–water partition coefficient (Wildman–Crippen LogP) is 3.72. The number of anilines is 1. The first-order chi connectivity index (χ1) is 9.59. The van der Waals surface area contributed by atoms with Crippen LogP contribution in [0.2, 0.25) is 0 Å². The minimum absolute atomic E-state index is 0.240. The maximum atomic E-state index is 11.1. The van der Waals surface area contributed by atoms with Gasteiger partial charge in [-0.25, -0.2) is 0 Å². The Hall–Kier alpha value is -0.0200. The number of hydrogen-bond acceptors (Lipinski definition) is 2. The van der Waals surface area contributed by atoms with Crippen LogP contribution in [-0.2, 0) is 4.79 Å². The zero-order valence-corrected chi connectivity index (χ0v) is 16.4. The van der Waals surface area contributed by atoms with Gasteiger partial charge in [0.05, 0.1) is 0 Å². The fraction of sp³-hybridized carbons (Fsp3) is 0.333. The number of nitrogens with one attached hydrogen (secondary N) is 3. The summed E-state index contributed by atoms with van der Waals surface area (Å²) in [5.41, 5.74) is 1.86. The van der Waals surface area contributed by atoms with Gasteiger partial charge < -0.3 is 16.0 Å². The van der Waals surface area contributed by atoms with E-state index in [2.05, 4.69) is 38.5 Å². The molecular weight excluding hydrogens is 467 g/mol.